The zero-order chi connectivity index (χ0) is 17.3. The molecule has 0 aliphatic carbocycles. The molecule has 0 saturated carbocycles. The van der Waals surface area contributed by atoms with Crippen LogP contribution in [-0.4, -0.2) is 20.7 Å². The molecule has 1 atom stereocenters. The third-order valence-corrected chi connectivity index (χ3v) is 4.03. The van der Waals surface area contributed by atoms with Gasteiger partial charge in [0.15, 0.2) is 0 Å². The first-order chi connectivity index (χ1) is 11.5. The van der Waals surface area contributed by atoms with Gasteiger partial charge in [0, 0.05) is 18.3 Å². The molecule has 7 heteroatoms. The highest BCUT2D eigenvalue weighted by Crippen LogP contribution is 2.17. The molecule has 0 aliphatic heterocycles. The van der Waals surface area contributed by atoms with Crippen LogP contribution in [0, 0.1) is 6.92 Å². The highest BCUT2D eigenvalue weighted by molar-refractivity contribution is 5.94. The van der Waals surface area contributed by atoms with Crippen LogP contribution in [0.15, 0.2) is 45.9 Å². The second-order valence-corrected chi connectivity index (χ2v) is 5.60. The number of amides is 1. The SMILES string of the molecule is Cc1c([C@@H](C)NC(=O)c2ccc(-c3ccco3)[nH]c2=O)cnn1C. The summed E-state index contributed by atoms with van der Waals surface area (Å²) in [4.78, 5) is 27.2. The summed E-state index contributed by atoms with van der Waals surface area (Å²) in [5.41, 5.74) is 1.99. The van der Waals surface area contributed by atoms with Crippen molar-refractivity contribution in [3.63, 3.8) is 0 Å². The van der Waals surface area contributed by atoms with Crippen LogP contribution in [-0.2, 0) is 7.05 Å². The lowest BCUT2D eigenvalue weighted by molar-refractivity contribution is 0.0938. The van der Waals surface area contributed by atoms with E-state index in [0.717, 1.165) is 11.3 Å². The molecule has 124 valence electrons. The zero-order valence-electron chi connectivity index (χ0n) is 13.7. The van der Waals surface area contributed by atoms with Crippen molar-refractivity contribution >= 4 is 5.91 Å². The van der Waals surface area contributed by atoms with Gasteiger partial charge in [-0.1, -0.05) is 0 Å². The number of rotatable bonds is 4. The Labute approximate surface area is 138 Å². The monoisotopic (exact) mass is 326 g/mol. The topological polar surface area (TPSA) is 92.9 Å². The van der Waals surface area contributed by atoms with Crippen molar-refractivity contribution in [2.24, 2.45) is 7.05 Å². The van der Waals surface area contributed by atoms with E-state index in [2.05, 4.69) is 15.4 Å². The fourth-order valence-electron chi connectivity index (χ4n) is 2.52. The van der Waals surface area contributed by atoms with Crippen molar-refractivity contribution in [3.8, 4) is 11.5 Å². The van der Waals surface area contributed by atoms with Gasteiger partial charge >= 0.3 is 0 Å². The summed E-state index contributed by atoms with van der Waals surface area (Å²) in [5.74, 6) is 0.108. The summed E-state index contributed by atoms with van der Waals surface area (Å²) in [6, 6.07) is 6.35. The number of carbonyl (C=O) groups is 1. The molecule has 0 bridgehead atoms. The quantitative estimate of drug-likeness (QED) is 0.768. The van der Waals surface area contributed by atoms with E-state index < -0.39 is 11.5 Å². The molecule has 0 aliphatic rings. The highest BCUT2D eigenvalue weighted by Gasteiger charge is 2.18. The first kappa shape index (κ1) is 15.8. The van der Waals surface area contributed by atoms with Crippen LogP contribution in [0.25, 0.3) is 11.5 Å². The van der Waals surface area contributed by atoms with Crippen LogP contribution in [0.5, 0.6) is 0 Å². The minimum absolute atomic E-state index is 0.0544. The van der Waals surface area contributed by atoms with Crippen LogP contribution in [0.1, 0.15) is 34.6 Å². The van der Waals surface area contributed by atoms with Gasteiger partial charge in [-0.05, 0) is 38.1 Å². The standard InChI is InChI=1S/C17H18N4O3/c1-10(13-9-18-21(3)11(13)2)19-16(22)12-6-7-14(20-17(12)23)15-5-4-8-24-15/h4-10H,1-3H3,(H,19,22)(H,20,23)/t10-/m1/s1. The highest BCUT2D eigenvalue weighted by atomic mass is 16.3. The molecule has 0 unspecified atom stereocenters. The molecular weight excluding hydrogens is 308 g/mol. The molecule has 3 aromatic rings. The van der Waals surface area contributed by atoms with Gasteiger partial charge in [-0.25, -0.2) is 0 Å². The van der Waals surface area contributed by atoms with Gasteiger partial charge in [0.25, 0.3) is 11.5 Å². The van der Waals surface area contributed by atoms with Gasteiger partial charge < -0.3 is 14.7 Å². The number of hydrogen-bond donors (Lipinski definition) is 2. The molecule has 1 amide bonds. The Morgan fingerprint density at radius 1 is 1.38 bits per heavy atom. The zero-order valence-corrected chi connectivity index (χ0v) is 13.7. The number of furan rings is 1. The second kappa shape index (κ2) is 6.19. The number of aromatic amines is 1. The van der Waals surface area contributed by atoms with Gasteiger partial charge in [0.2, 0.25) is 0 Å². The molecule has 0 fully saturated rings. The Hall–Kier alpha value is -3.09. The van der Waals surface area contributed by atoms with Crippen molar-refractivity contribution in [3.05, 3.63) is 63.9 Å². The normalized spacial score (nSPS) is 12.1. The van der Waals surface area contributed by atoms with Crippen LogP contribution >= 0.6 is 0 Å². The molecule has 0 aromatic carbocycles. The van der Waals surface area contributed by atoms with Crippen molar-refractivity contribution < 1.29 is 9.21 Å². The number of aryl methyl sites for hydroxylation is 1. The van der Waals surface area contributed by atoms with Crippen LogP contribution in [0.3, 0.4) is 0 Å². The molecule has 0 saturated heterocycles. The molecule has 3 rings (SSSR count). The van der Waals surface area contributed by atoms with Gasteiger partial charge in [-0.2, -0.15) is 5.10 Å². The molecule has 3 aromatic heterocycles. The number of nitrogens with one attached hydrogen (secondary N) is 2. The third-order valence-electron chi connectivity index (χ3n) is 4.03. The van der Waals surface area contributed by atoms with Gasteiger partial charge in [-0.15, -0.1) is 0 Å². The lowest BCUT2D eigenvalue weighted by Crippen LogP contribution is -2.31. The number of nitrogens with zero attached hydrogens (tertiary/aromatic N) is 2. The summed E-state index contributed by atoms with van der Waals surface area (Å²) >= 11 is 0. The number of pyridine rings is 1. The van der Waals surface area contributed by atoms with Crippen LogP contribution < -0.4 is 10.9 Å². The molecule has 0 radical (unpaired) electrons. The van der Waals surface area contributed by atoms with E-state index in [9.17, 15) is 9.59 Å². The van der Waals surface area contributed by atoms with E-state index in [1.165, 1.54) is 12.3 Å². The van der Waals surface area contributed by atoms with E-state index in [-0.39, 0.29) is 11.6 Å². The van der Waals surface area contributed by atoms with Crippen LogP contribution in [0.2, 0.25) is 0 Å². The van der Waals surface area contributed by atoms with Crippen molar-refractivity contribution in [2.45, 2.75) is 19.9 Å². The number of carbonyl (C=O) groups excluding carboxylic acids is 1. The molecule has 3 heterocycles. The summed E-state index contributed by atoms with van der Waals surface area (Å²) in [7, 11) is 1.84. The fraction of sp³-hybridized carbons (Fsp3) is 0.235. The lowest BCUT2D eigenvalue weighted by Gasteiger charge is -2.13. The summed E-state index contributed by atoms with van der Waals surface area (Å²) in [5, 5.41) is 6.99. The van der Waals surface area contributed by atoms with Crippen molar-refractivity contribution in [1.29, 1.82) is 0 Å². The largest absolute Gasteiger partial charge is 0.463 e. The summed E-state index contributed by atoms with van der Waals surface area (Å²) < 4.78 is 6.97. The molecular formula is C17H18N4O3. The van der Waals surface area contributed by atoms with E-state index in [1.807, 2.05) is 20.9 Å². The predicted octanol–water partition coefficient (Wildman–Crippen LogP) is 2.17. The Balaban J connectivity index is 1.80. The van der Waals surface area contributed by atoms with E-state index in [0.29, 0.717) is 11.5 Å². The van der Waals surface area contributed by atoms with Crippen LogP contribution in [0.4, 0.5) is 0 Å². The van der Waals surface area contributed by atoms with E-state index in [1.54, 1.807) is 29.1 Å². The summed E-state index contributed by atoms with van der Waals surface area (Å²) in [6.45, 7) is 3.78. The maximum absolute atomic E-state index is 12.4. The maximum atomic E-state index is 12.4. The van der Waals surface area contributed by atoms with Gasteiger partial charge in [0.05, 0.1) is 24.2 Å². The summed E-state index contributed by atoms with van der Waals surface area (Å²) in [6.07, 6.45) is 3.23. The fourth-order valence-corrected chi connectivity index (χ4v) is 2.52. The smallest absolute Gasteiger partial charge is 0.261 e. The molecule has 7 nitrogen and oxygen atoms in total. The first-order valence-corrected chi connectivity index (χ1v) is 7.54. The Morgan fingerprint density at radius 3 is 2.75 bits per heavy atom. The minimum atomic E-state index is -0.462. The number of aromatic nitrogens is 3. The average Bonchev–Trinajstić information content (AvgIpc) is 3.18. The Kier molecular flexibility index (Phi) is 4.07. The van der Waals surface area contributed by atoms with Crippen molar-refractivity contribution in [2.75, 3.05) is 0 Å². The van der Waals surface area contributed by atoms with Crippen molar-refractivity contribution in [1.82, 2.24) is 20.1 Å². The maximum Gasteiger partial charge on any atom is 0.261 e. The first-order valence-electron chi connectivity index (χ1n) is 7.54. The second-order valence-electron chi connectivity index (χ2n) is 5.60. The Morgan fingerprint density at radius 2 is 2.17 bits per heavy atom. The lowest BCUT2D eigenvalue weighted by atomic mass is 10.1. The minimum Gasteiger partial charge on any atom is -0.463 e. The van der Waals surface area contributed by atoms with E-state index >= 15 is 0 Å². The number of hydrogen-bond acceptors (Lipinski definition) is 4. The predicted molar refractivity (Wildman–Crippen MR) is 88.6 cm³/mol. The van der Waals surface area contributed by atoms with Gasteiger partial charge in [0.1, 0.15) is 11.3 Å². The molecule has 2 N–H and O–H groups in total. The van der Waals surface area contributed by atoms with E-state index in [4.69, 9.17) is 4.42 Å². The number of H-pyrrole nitrogens is 1. The third kappa shape index (κ3) is 2.88. The Bertz CT molecular complexity index is 922. The molecule has 24 heavy (non-hydrogen) atoms. The van der Waals surface area contributed by atoms with Gasteiger partial charge in [-0.3, -0.25) is 14.3 Å². The average molecular weight is 326 g/mol. The molecule has 0 spiro atoms.